The minimum Gasteiger partial charge on any atom is -0.395 e. The molecule has 1 aliphatic heterocycles. The van der Waals surface area contributed by atoms with Crippen LogP contribution < -0.4 is 0 Å². The molecule has 0 spiro atoms. The summed E-state index contributed by atoms with van der Waals surface area (Å²) in [5.74, 6) is 0. The van der Waals surface area contributed by atoms with Crippen LogP contribution in [0.4, 0.5) is 0 Å². The quantitative estimate of drug-likeness (QED) is 0.802. The van der Waals surface area contributed by atoms with Gasteiger partial charge in [0.15, 0.2) is 0 Å². The SMILES string of the molecule is OCC1CCCN1CC(O)c1ccccc1. The van der Waals surface area contributed by atoms with E-state index in [0.717, 1.165) is 24.9 Å². The summed E-state index contributed by atoms with van der Waals surface area (Å²) in [5.41, 5.74) is 0.950. The van der Waals surface area contributed by atoms with Gasteiger partial charge in [0.2, 0.25) is 0 Å². The van der Waals surface area contributed by atoms with E-state index in [1.54, 1.807) is 0 Å². The predicted molar refractivity (Wildman–Crippen MR) is 63.1 cm³/mol. The molecule has 1 fully saturated rings. The standard InChI is InChI=1S/C13H19NO2/c15-10-12-7-4-8-14(12)9-13(16)11-5-2-1-3-6-11/h1-3,5-6,12-13,15-16H,4,7-10H2. The Morgan fingerprint density at radius 2 is 2.06 bits per heavy atom. The Morgan fingerprint density at radius 1 is 1.31 bits per heavy atom. The first kappa shape index (κ1) is 11.6. The summed E-state index contributed by atoms with van der Waals surface area (Å²) in [4.78, 5) is 2.18. The zero-order valence-electron chi connectivity index (χ0n) is 9.42. The molecule has 0 amide bonds. The maximum atomic E-state index is 10.1. The van der Waals surface area contributed by atoms with Gasteiger partial charge in [-0.15, -0.1) is 0 Å². The van der Waals surface area contributed by atoms with Crippen LogP contribution in [0.5, 0.6) is 0 Å². The third kappa shape index (κ3) is 2.61. The highest BCUT2D eigenvalue weighted by atomic mass is 16.3. The zero-order valence-corrected chi connectivity index (χ0v) is 9.42. The molecule has 0 bridgehead atoms. The van der Waals surface area contributed by atoms with Crippen molar-refractivity contribution in [3.05, 3.63) is 35.9 Å². The van der Waals surface area contributed by atoms with Crippen molar-refractivity contribution in [3.8, 4) is 0 Å². The van der Waals surface area contributed by atoms with Gasteiger partial charge in [0.05, 0.1) is 12.7 Å². The lowest BCUT2D eigenvalue weighted by Gasteiger charge is -2.25. The lowest BCUT2D eigenvalue weighted by atomic mass is 10.1. The second-order valence-electron chi connectivity index (χ2n) is 4.40. The molecule has 2 N–H and O–H groups in total. The van der Waals surface area contributed by atoms with Crippen LogP contribution in [-0.4, -0.2) is 40.9 Å². The van der Waals surface area contributed by atoms with Gasteiger partial charge in [0.1, 0.15) is 0 Å². The number of hydrogen-bond acceptors (Lipinski definition) is 3. The summed E-state index contributed by atoms with van der Waals surface area (Å²) in [5, 5.41) is 19.3. The van der Waals surface area contributed by atoms with E-state index in [0.29, 0.717) is 6.54 Å². The van der Waals surface area contributed by atoms with Crippen molar-refractivity contribution in [1.82, 2.24) is 4.90 Å². The third-order valence-corrected chi connectivity index (χ3v) is 3.30. The summed E-state index contributed by atoms with van der Waals surface area (Å²) >= 11 is 0. The van der Waals surface area contributed by atoms with E-state index >= 15 is 0 Å². The smallest absolute Gasteiger partial charge is 0.0917 e. The van der Waals surface area contributed by atoms with E-state index in [-0.39, 0.29) is 12.6 Å². The van der Waals surface area contributed by atoms with Crippen LogP contribution in [0.1, 0.15) is 24.5 Å². The molecule has 2 rings (SSSR count). The van der Waals surface area contributed by atoms with Crippen molar-refractivity contribution in [2.24, 2.45) is 0 Å². The fraction of sp³-hybridized carbons (Fsp3) is 0.538. The second-order valence-corrected chi connectivity index (χ2v) is 4.40. The molecule has 88 valence electrons. The molecule has 3 nitrogen and oxygen atoms in total. The van der Waals surface area contributed by atoms with Crippen LogP contribution in [0.2, 0.25) is 0 Å². The lowest BCUT2D eigenvalue weighted by Crippen LogP contribution is -2.35. The van der Waals surface area contributed by atoms with E-state index < -0.39 is 6.10 Å². The average molecular weight is 221 g/mol. The number of nitrogens with zero attached hydrogens (tertiary/aromatic N) is 1. The Bertz CT molecular complexity index is 315. The molecule has 0 saturated carbocycles. The fourth-order valence-corrected chi connectivity index (χ4v) is 2.34. The predicted octanol–water partition coefficient (Wildman–Crippen LogP) is 1.18. The van der Waals surface area contributed by atoms with E-state index in [4.69, 9.17) is 0 Å². The number of aliphatic hydroxyl groups excluding tert-OH is 2. The number of β-amino-alcohol motifs (C(OH)–C–C–N with tert-alkyl or cyclic N) is 1. The van der Waals surface area contributed by atoms with Crippen molar-refractivity contribution < 1.29 is 10.2 Å². The average Bonchev–Trinajstić information content (AvgIpc) is 2.77. The molecule has 0 aromatic heterocycles. The summed E-state index contributed by atoms with van der Waals surface area (Å²) in [6, 6.07) is 9.93. The van der Waals surface area contributed by atoms with Gasteiger partial charge in [-0.05, 0) is 24.9 Å². The molecule has 0 radical (unpaired) electrons. The van der Waals surface area contributed by atoms with Crippen LogP contribution in [0.25, 0.3) is 0 Å². The highest BCUT2D eigenvalue weighted by Gasteiger charge is 2.25. The molecule has 1 saturated heterocycles. The maximum Gasteiger partial charge on any atom is 0.0917 e. The van der Waals surface area contributed by atoms with E-state index in [1.165, 1.54) is 0 Å². The highest BCUT2D eigenvalue weighted by molar-refractivity contribution is 5.17. The number of rotatable bonds is 4. The minimum absolute atomic E-state index is 0.196. The van der Waals surface area contributed by atoms with Crippen LogP contribution in [0, 0.1) is 0 Å². The number of likely N-dealkylation sites (tertiary alicyclic amines) is 1. The van der Waals surface area contributed by atoms with Crippen LogP contribution in [0.3, 0.4) is 0 Å². The second kappa shape index (κ2) is 5.43. The van der Waals surface area contributed by atoms with Crippen molar-refractivity contribution in [2.75, 3.05) is 19.7 Å². The van der Waals surface area contributed by atoms with Crippen molar-refractivity contribution in [2.45, 2.75) is 25.0 Å². The van der Waals surface area contributed by atoms with Gasteiger partial charge in [-0.2, -0.15) is 0 Å². The summed E-state index contributed by atoms with van der Waals surface area (Å²) in [6.45, 7) is 1.80. The molecule has 1 aromatic rings. The first-order valence-electron chi connectivity index (χ1n) is 5.89. The van der Waals surface area contributed by atoms with E-state index in [1.807, 2.05) is 30.3 Å². The molecule has 1 aliphatic rings. The minimum atomic E-state index is -0.451. The van der Waals surface area contributed by atoms with Crippen LogP contribution in [-0.2, 0) is 0 Å². The van der Waals surface area contributed by atoms with Gasteiger partial charge in [0, 0.05) is 12.6 Å². The summed E-state index contributed by atoms with van der Waals surface area (Å²) in [7, 11) is 0. The third-order valence-electron chi connectivity index (χ3n) is 3.30. The normalized spacial score (nSPS) is 23.5. The van der Waals surface area contributed by atoms with Gasteiger partial charge >= 0.3 is 0 Å². The van der Waals surface area contributed by atoms with Gasteiger partial charge in [-0.3, -0.25) is 4.90 Å². The number of benzene rings is 1. The molecular weight excluding hydrogens is 202 g/mol. The zero-order chi connectivity index (χ0) is 11.4. The Labute approximate surface area is 96.3 Å². The Hall–Kier alpha value is -0.900. The molecule has 2 unspecified atom stereocenters. The number of aliphatic hydroxyl groups is 2. The van der Waals surface area contributed by atoms with Crippen LogP contribution >= 0.6 is 0 Å². The van der Waals surface area contributed by atoms with Gasteiger partial charge in [-0.1, -0.05) is 30.3 Å². The fourth-order valence-electron chi connectivity index (χ4n) is 2.34. The molecule has 3 heteroatoms. The Balaban J connectivity index is 1.94. The Kier molecular flexibility index (Phi) is 3.93. The van der Waals surface area contributed by atoms with E-state index in [2.05, 4.69) is 4.90 Å². The molecule has 2 atom stereocenters. The first-order chi connectivity index (χ1) is 7.81. The van der Waals surface area contributed by atoms with Crippen molar-refractivity contribution in [1.29, 1.82) is 0 Å². The number of hydrogen-bond donors (Lipinski definition) is 2. The van der Waals surface area contributed by atoms with Crippen LogP contribution in [0.15, 0.2) is 30.3 Å². The summed E-state index contributed by atoms with van der Waals surface area (Å²) in [6.07, 6.45) is 1.71. The molecule has 1 aromatic carbocycles. The topological polar surface area (TPSA) is 43.7 Å². The first-order valence-corrected chi connectivity index (χ1v) is 5.89. The van der Waals surface area contributed by atoms with Crippen molar-refractivity contribution in [3.63, 3.8) is 0 Å². The van der Waals surface area contributed by atoms with Gasteiger partial charge in [0.25, 0.3) is 0 Å². The van der Waals surface area contributed by atoms with Gasteiger partial charge in [-0.25, -0.2) is 0 Å². The monoisotopic (exact) mass is 221 g/mol. The van der Waals surface area contributed by atoms with Gasteiger partial charge < -0.3 is 10.2 Å². The highest BCUT2D eigenvalue weighted by Crippen LogP contribution is 2.21. The van der Waals surface area contributed by atoms with Crippen molar-refractivity contribution >= 4 is 0 Å². The maximum absolute atomic E-state index is 10.1. The molecular formula is C13H19NO2. The lowest BCUT2D eigenvalue weighted by molar-refractivity contribution is 0.0850. The van der Waals surface area contributed by atoms with E-state index in [9.17, 15) is 10.2 Å². The largest absolute Gasteiger partial charge is 0.395 e. The summed E-state index contributed by atoms with van der Waals surface area (Å²) < 4.78 is 0. The Morgan fingerprint density at radius 3 is 2.75 bits per heavy atom. The molecule has 16 heavy (non-hydrogen) atoms. The molecule has 1 heterocycles. The molecule has 0 aliphatic carbocycles.